The Bertz CT molecular complexity index is 1350. The number of piperazine rings is 1. The third kappa shape index (κ3) is 4.26. The van der Waals surface area contributed by atoms with Crippen LogP contribution in [0.2, 0.25) is 5.02 Å². The Morgan fingerprint density at radius 1 is 1.00 bits per heavy atom. The summed E-state index contributed by atoms with van der Waals surface area (Å²) >= 11 is 5.84. The quantitative estimate of drug-likeness (QED) is 0.405. The summed E-state index contributed by atoms with van der Waals surface area (Å²) in [5, 5.41) is 14.0. The summed E-state index contributed by atoms with van der Waals surface area (Å²) in [7, 11) is 0. The molecule has 6 nitrogen and oxygen atoms in total. The van der Waals surface area contributed by atoms with Gasteiger partial charge in [-0.1, -0.05) is 66.2 Å². The minimum absolute atomic E-state index is 0.0277. The lowest BCUT2D eigenvalue weighted by molar-refractivity contribution is 0.184. The van der Waals surface area contributed by atoms with Gasteiger partial charge in [-0.25, -0.2) is 9.18 Å². The van der Waals surface area contributed by atoms with E-state index >= 15 is 0 Å². The number of rotatable bonds is 3. The van der Waals surface area contributed by atoms with Crippen molar-refractivity contribution in [3.63, 3.8) is 0 Å². The van der Waals surface area contributed by atoms with Gasteiger partial charge in [-0.2, -0.15) is 0 Å². The van der Waals surface area contributed by atoms with Gasteiger partial charge in [0.15, 0.2) is 5.82 Å². The van der Waals surface area contributed by atoms with E-state index in [-0.39, 0.29) is 17.1 Å². The highest BCUT2D eigenvalue weighted by Crippen LogP contribution is 2.32. The molecule has 1 unspecified atom stereocenters. The fourth-order valence-electron chi connectivity index (χ4n) is 4.35. The predicted octanol–water partition coefficient (Wildman–Crippen LogP) is 5.83. The average Bonchev–Trinajstić information content (AvgIpc) is 2.86. The van der Waals surface area contributed by atoms with Crippen molar-refractivity contribution in [3.8, 4) is 11.3 Å². The fourth-order valence-corrected chi connectivity index (χ4v) is 4.53. The van der Waals surface area contributed by atoms with Crippen molar-refractivity contribution in [2.24, 2.45) is 0 Å². The van der Waals surface area contributed by atoms with E-state index in [0.717, 1.165) is 27.8 Å². The normalized spacial score (nSPS) is 16.0. The number of benzene rings is 3. The Kier molecular flexibility index (Phi) is 6.02. The average molecular weight is 476 g/mol. The van der Waals surface area contributed by atoms with Crippen molar-refractivity contribution in [1.82, 2.24) is 15.1 Å². The topological polar surface area (TPSA) is 61.4 Å². The van der Waals surface area contributed by atoms with Crippen LogP contribution in [0.1, 0.15) is 6.92 Å². The van der Waals surface area contributed by atoms with Crippen LogP contribution in [0.4, 0.5) is 20.7 Å². The highest BCUT2D eigenvalue weighted by Gasteiger charge is 2.29. The third-order valence-corrected chi connectivity index (χ3v) is 6.36. The molecule has 0 radical (unpaired) electrons. The maximum atomic E-state index is 13.4. The van der Waals surface area contributed by atoms with E-state index < -0.39 is 5.82 Å². The first-order valence-electron chi connectivity index (χ1n) is 11.1. The molecule has 0 bridgehead atoms. The van der Waals surface area contributed by atoms with Crippen LogP contribution in [0, 0.1) is 5.82 Å². The number of nitrogens with zero attached hydrogens (tertiary/aromatic N) is 4. The molecule has 1 aliphatic rings. The van der Waals surface area contributed by atoms with Crippen LogP contribution in [0.25, 0.3) is 22.0 Å². The highest BCUT2D eigenvalue weighted by molar-refractivity contribution is 6.31. The molecule has 1 saturated heterocycles. The molecule has 5 rings (SSSR count). The van der Waals surface area contributed by atoms with Gasteiger partial charge in [0, 0.05) is 47.7 Å². The second-order valence-corrected chi connectivity index (χ2v) is 8.74. The largest absolute Gasteiger partial charge is 0.351 e. The van der Waals surface area contributed by atoms with E-state index in [1.807, 2.05) is 49.4 Å². The summed E-state index contributed by atoms with van der Waals surface area (Å²) in [6, 6.07) is 22.0. The first kappa shape index (κ1) is 22.1. The zero-order chi connectivity index (χ0) is 23.7. The molecule has 2 heterocycles. The zero-order valence-electron chi connectivity index (χ0n) is 18.6. The monoisotopic (exact) mass is 475 g/mol. The molecule has 172 valence electrons. The van der Waals surface area contributed by atoms with E-state index in [0.29, 0.717) is 25.3 Å². The lowest BCUT2D eigenvalue weighted by Gasteiger charge is -2.40. The predicted molar refractivity (Wildman–Crippen MR) is 134 cm³/mol. The maximum absolute atomic E-state index is 13.4. The van der Waals surface area contributed by atoms with Crippen LogP contribution in [-0.4, -0.2) is 46.8 Å². The minimum Gasteiger partial charge on any atom is -0.351 e. The van der Waals surface area contributed by atoms with Crippen molar-refractivity contribution in [2.45, 2.75) is 13.0 Å². The molecule has 0 saturated carbocycles. The Hall–Kier alpha value is -3.71. The first-order chi connectivity index (χ1) is 16.5. The molecule has 1 aromatic heterocycles. The van der Waals surface area contributed by atoms with Crippen LogP contribution in [-0.2, 0) is 0 Å². The summed E-state index contributed by atoms with van der Waals surface area (Å²) in [4.78, 5) is 16.8. The Balaban J connectivity index is 1.36. The van der Waals surface area contributed by atoms with Gasteiger partial charge in [0.1, 0.15) is 11.5 Å². The van der Waals surface area contributed by atoms with Crippen LogP contribution in [0.15, 0.2) is 72.8 Å². The number of urea groups is 1. The number of nitrogens with one attached hydrogen (secondary N) is 1. The lowest BCUT2D eigenvalue weighted by Crippen LogP contribution is -2.55. The van der Waals surface area contributed by atoms with Gasteiger partial charge in [0.25, 0.3) is 0 Å². The van der Waals surface area contributed by atoms with Crippen molar-refractivity contribution < 1.29 is 9.18 Å². The number of halogens is 2. The van der Waals surface area contributed by atoms with Gasteiger partial charge in [-0.05, 0) is 25.1 Å². The van der Waals surface area contributed by atoms with Crippen molar-refractivity contribution >= 4 is 39.9 Å². The summed E-state index contributed by atoms with van der Waals surface area (Å²) in [6.45, 7) is 3.74. The smallest absolute Gasteiger partial charge is 0.322 e. The molecule has 4 aromatic rings. The fraction of sp³-hybridized carbons (Fsp3) is 0.192. The van der Waals surface area contributed by atoms with E-state index in [9.17, 15) is 9.18 Å². The van der Waals surface area contributed by atoms with Crippen LogP contribution >= 0.6 is 11.6 Å². The summed E-state index contributed by atoms with van der Waals surface area (Å²) in [5.74, 6) is 0.292. The minimum atomic E-state index is -0.520. The van der Waals surface area contributed by atoms with Gasteiger partial charge in [0.2, 0.25) is 0 Å². The Morgan fingerprint density at radius 2 is 1.74 bits per heavy atom. The van der Waals surface area contributed by atoms with Gasteiger partial charge >= 0.3 is 6.03 Å². The van der Waals surface area contributed by atoms with Gasteiger partial charge in [0.05, 0.1) is 5.02 Å². The first-order valence-corrected chi connectivity index (χ1v) is 11.5. The Morgan fingerprint density at radius 3 is 2.47 bits per heavy atom. The standard InChI is InChI=1S/C26H23ClFN5O/c1-17-16-32(13-14-33(17)26(34)29-19-11-12-23(28)22(27)15-19)25-21-10-6-5-9-20(21)24(30-31-25)18-7-3-2-4-8-18/h2-12,15,17H,13-14,16H2,1H3,(H,29,34). The molecular formula is C26H23ClFN5O. The number of anilines is 2. The van der Waals surface area contributed by atoms with Crippen LogP contribution < -0.4 is 10.2 Å². The zero-order valence-corrected chi connectivity index (χ0v) is 19.3. The van der Waals surface area contributed by atoms with E-state index in [1.165, 1.54) is 18.2 Å². The van der Waals surface area contributed by atoms with E-state index in [2.05, 4.69) is 32.5 Å². The molecular weight excluding hydrogens is 453 g/mol. The lowest BCUT2D eigenvalue weighted by atomic mass is 10.0. The van der Waals surface area contributed by atoms with E-state index in [1.54, 1.807) is 4.90 Å². The van der Waals surface area contributed by atoms with Crippen LogP contribution in [0.5, 0.6) is 0 Å². The SMILES string of the molecule is CC1CN(c2nnc(-c3ccccc3)c3ccccc23)CCN1C(=O)Nc1ccc(F)c(Cl)c1. The molecule has 8 heteroatoms. The van der Waals surface area contributed by atoms with Gasteiger partial charge < -0.3 is 15.1 Å². The summed E-state index contributed by atoms with van der Waals surface area (Å²) in [5.41, 5.74) is 2.33. The molecule has 1 fully saturated rings. The summed E-state index contributed by atoms with van der Waals surface area (Å²) < 4.78 is 13.4. The molecule has 1 atom stereocenters. The third-order valence-electron chi connectivity index (χ3n) is 6.07. The Labute approximate surface area is 202 Å². The second kappa shape index (κ2) is 9.27. The van der Waals surface area contributed by atoms with Gasteiger partial charge in [-0.15, -0.1) is 10.2 Å². The number of aromatic nitrogens is 2. The molecule has 34 heavy (non-hydrogen) atoms. The number of fused-ring (bicyclic) bond motifs is 1. The summed E-state index contributed by atoms with van der Waals surface area (Å²) in [6.07, 6.45) is 0. The van der Waals surface area contributed by atoms with Crippen molar-refractivity contribution in [2.75, 3.05) is 29.9 Å². The molecule has 1 N–H and O–H groups in total. The van der Waals surface area contributed by atoms with E-state index in [4.69, 9.17) is 11.6 Å². The molecule has 0 aliphatic carbocycles. The van der Waals surface area contributed by atoms with Crippen molar-refractivity contribution in [1.29, 1.82) is 0 Å². The second-order valence-electron chi connectivity index (χ2n) is 8.33. The number of amides is 2. The molecule has 1 aliphatic heterocycles. The molecule has 3 aromatic carbocycles. The number of hydrogen-bond acceptors (Lipinski definition) is 4. The maximum Gasteiger partial charge on any atom is 0.322 e. The number of hydrogen-bond donors (Lipinski definition) is 1. The van der Waals surface area contributed by atoms with Crippen molar-refractivity contribution in [3.05, 3.63) is 83.6 Å². The molecule has 2 amide bonds. The van der Waals surface area contributed by atoms with Gasteiger partial charge in [-0.3, -0.25) is 0 Å². The molecule has 0 spiro atoms. The number of carbonyl (C=O) groups is 1. The van der Waals surface area contributed by atoms with Crippen LogP contribution in [0.3, 0.4) is 0 Å². The highest BCUT2D eigenvalue weighted by atomic mass is 35.5. The number of carbonyl (C=O) groups excluding carboxylic acids is 1.